The Morgan fingerprint density at radius 2 is 1.90 bits per heavy atom. The van der Waals surface area contributed by atoms with E-state index in [1.165, 1.54) is 0 Å². The second-order valence-corrected chi connectivity index (χ2v) is 7.74. The van der Waals surface area contributed by atoms with Crippen LogP contribution in [0.25, 0.3) is 0 Å². The largest absolute Gasteiger partial charge is 0.396 e. The van der Waals surface area contributed by atoms with E-state index < -0.39 is 10.2 Å². The van der Waals surface area contributed by atoms with E-state index in [4.69, 9.17) is 9.84 Å². The van der Waals surface area contributed by atoms with Crippen LogP contribution in [-0.2, 0) is 14.9 Å². The zero-order valence-electron chi connectivity index (χ0n) is 12.4. The van der Waals surface area contributed by atoms with Gasteiger partial charge in [0.05, 0.1) is 12.2 Å². The van der Waals surface area contributed by atoms with Crippen LogP contribution < -0.4 is 0 Å². The molecule has 3 atom stereocenters. The van der Waals surface area contributed by atoms with E-state index in [-0.39, 0.29) is 24.9 Å². The fourth-order valence-electron chi connectivity index (χ4n) is 3.20. The van der Waals surface area contributed by atoms with Gasteiger partial charge in [-0.1, -0.05) is 0 Å². The van der Waals surface area contributed by atoms with E-state index in [0.717, 1.165) is 19.3 Å². The van der Waals surface area contributed by atoms with Gasteiger partial charge >= 0.3 is 0 Å². The quantitative estimate of drug-likeness (QED) is 0.806. The molecular weight excluding hydrogens is 280 g/mol. The monoisotopic (exact) mass is 306 g/mol. The van der Waals surface area contributed by atoms with Crippen LogP contribution in [0.4, 0.5) is 0 Å². The Kier molecular flexibility index (Phi) is 5.42. The molecular formula is C13H26N2O4S. The Morgan fingerprint density at radius 3 is 2.50 bits per heavy atom. The lowest BCUT2D eigenvalue weighted by Gasteiger charge is -2.37. The molecule has 2 aliphatic heterocycles. The van der Waals surface area contributed by atoms with Crippen molar-refractivity contribution >= 4 is 10.2 Å². The first kappa shape index (κ1) is 16.2. The molecule has 2 rings (SSSR count). The van der Waals surface area contributed by atoms with Crippen LogP contribution in [0.5, 0.6) is 0 Å². The normalized spacial score (nSPS) is 33.6. The molecule has 20 heavy (non-hydrogen) atoms. The van der Waals surface area contributed by atoms with E-state index in [9.17, 15) is 8.42 Å². The van der Waals surface area contributed by atoms with Gasteiger partial charge in [0.25, 0.3) is 10.2 Å². The van der Waals surface area contributed by atoms with Crippen molar-refractivity contribution in [3.8, 4) is 0 Å². The summed E-state index contributed by atoms with van der Waals surface area (Å²) < 4.78 is 34.4. The Balaban J connectivity index is 2.08. The summed E-state index contributed by atoms with van der Waals surface area (Å²) in [5.41, 5.74) is 0. The van der Waals surface area contributed by atoms with Crippen molar-refractivity contribution in [1.29, 1.82) is 0 Å². The van der Waals surface area contributed by atoms with Gasteiger partial charge in [-0.25, -0.2) is 0 Å². The second kappa shape index (κ2) is 6.70. The lowest BCUT2D eigenvalue weighted by atomic mass is 10.1. The summed E-state index contributed by atoms with van der Waals surface area (Å²) in [4.78, 5) is 0. The Morgan fingerprint density at radius 1 is 1.25 bits per heavy atom. The highest BCUT2D eigenvalue weighted by molar-refractivity contribution is 7.86. The molecule has 7 heteroatoms. The first-order chi connectivity index (χ1) is 9.45. The van der Waals surface area contributed by atoms with Gasteiger partial charge in [0.15, 0.2) is 0 Å². The van der Waals surface area contributed by atoms with Crippen molar-refractivity contribution in [3.63, 3.8) is 0 Å². The molecule has 0 aromatic heterocycles. The molecule has 0 amide bonds. The minimum Gasteiger partial charge on any atom is -0.396 e. The predicted octanol–water partition coefficient (Wildman–Crippen LogP) is 0.577. The van der Waals surface area contributed by atoms with E-state index >= 15 is 0 Å². The molecule has 1 N–H and O–H groups in total. The molecule has 0 spiro atoms. The van der Waals surface area contributed by atoms with Crippen molar-refractivity contribution in [3.05, 3.63) is 0 Å². The van der Waals surface area contributed by atoms with Gasteiger partial charge in [-0.2, -0.15) is 17.0 Å². The predicted molar refractivity (Wildman–Crippen MR) is 76.5 cm³/mol. The number of hydrogen-bond donors (Lipinski definition) is 1. The van der Waals surface area contributed by atoms with Crippen molar-refractivity contribution in [2.75, 3.05) is 26.2 Å². The van der Waals surface area contributed by atoms with Gasteiger partial charge in [-0.05, 0) is 39.5 Å². The molecule has 0 bridgehead atoms. The summed E-state index contributed by atoms with van der Waals surface area (Å²) >= 11 is 0. The maximum Gasteiger partial charge on any atom is 0.282 e. The van der Waals surface area contributed by atoms with Gasteiger partial charge in [-0.3, -0.25) is 0 Å². The maximum atomic E-state index is 12.8. The Labute approximate surface area is 121 Å². The van der Waals surface area contributed by atoms with Crippen LogP contribution in [0.2, 0.25) is 0 Å². The molecule has 2 fully saturated rings. The zero-order valence-corrected chi connectivity index (χ0v) is 13.2. The highest BCUT2D eigenvalue weighted by Crippen LogP contribution is 2.27. The molecule has 2 saturated heterocycles. The third kappa shape index (κ3) is 3.51. The minimum absolute atomic E-state index is 0.0422. The first-order valence-electron chi connectivity index (χ1n) is 7.48. The summed E-state index contributed by atoms with van der Waals surface area (Å²) in [6.07, 6.45) is 3.08. The smallest absolute Gasteiger partial charge is 0.282 e. The van der Waals surface area contributed by atoms with Crippen LogP contribution in [-0.4, -0.2) is 66.6 Å². The maximum absolute atomic E-state index is 12.8. The van der Waals surface area contributed by atoms with Gasteiger partial charge < -0.3 is 9.84 Å². The first-order valence-corrected chi connectivity index (χ1v) is 8.88. The van der Waals surface area contributed by atoms with Gasteiger partial charge in [-0.15, -0.1) is 0 Å². The number of aliphatic hydroxyl groups excluding tert-OH is 1. The van der Waals surface area contributed by atoms with Crippen molar-refractivity contribution in [2.24, 2.45) is 0 Å². The number of hydrogen-bond acceptors (Lipinski definition) is 4. The number of aliphatic hydroxyl groups is 1. The SMILES string of the molecule is CC1CN(S(=O)(=O)N2CCCC2CCCO)CC(C)O1. The molecule has 6 nitrogen and oxygen atoms in total. The van der Waals surface area contributed by atoms with Crippen LogP contribution >= 0.6 is 0 Å². The Bertz CT molecular complexity index is 405. The molecule has 0 radical (unpaired) electrons. The fraction of sp³-hybridized carbons (Fsp3) is 1.00. The highest BCUT2D eigenvalue weighted by Gasteiger charge is 2.40. The van der Waals surface area contributed by atoms with Gasteiger partial charge in [0.2, 0.25) is 0 Å². The van der Waals surface area contributed by atoms with E-state index in [2.05, 4.69) is 0 Å². The van der Waals surface area contributed by atoms with Crippen LogP contribution in [0.3, 0.4) is 0 Å². The second-order valence-electron chi connectivity index (χ2n) is 5.85. The lowest BCUT2D eigenvalue weighted by Crippen LogP contribution is -2.54. The van der Waals surface area contributed by atoms with Gasteiger partial charge in [0, 0.05) is 32.3 Å². The third-order valence-electron chi connectivity index (χ3n) is 4.03. The van der Waals surface area contributed by atoms with Gasteiger partial charge in [0.1, 0.15) is 0 Å². The van der Waals surface area contributed by atoms with E-state index in [1.807, 2.05) is 13.8 Å². The molecule has 0 saturated carbocycles. The summed E-state index contributed by atoms with van der Waals surface area (Å²) in [5, 5.41) is 8.94. The van der Waals surface area contributed by atoms with Crippen LogP contribution in [0, 0.1) is 0 Å². The van der Waals surface area contributed by atoms with Crippen molar-refractivity contribution in [2.45, 2.75) is 57.8 Å². The summed E-state index contributed by atoms with van der Waals surface area (Å²) in [6.45, 7) is 5.39. The Hall–Kier alpha value is -0.210. The highest BCUT2D eigenvalue weighted by atomic mass is 32.2. The lowest BCUT2D eigenvalue weighted by molar-refractivity contribution is -0.0455. The number of nitrogens with zero attached hydrogens (tertiary/aromatic N) is 2. The van der Waals surface area contributed by atoms with Crippen molar-refractivity contribution in [1.82, 2.24) is 8.61 Å². The average Bonchev–Trinajstić information content (AvgIpc) is 2.84. The standard InChI is InChI=1S/C13H26N2O4S/c1-11-9-14(10-12(2)19-11)20(17,18)15-7-3-5-13(15)6-4-8-16/h11-13,16H,3-10H2,1-2H3. The van der Waals surface area contributed by atoms with Crippen LogP contribution in [0.15, 0.2) is 0 Å². The molecule has 3 unspecified atom stereocenters. The molecule has 2 aliphatic rings. The third-order valence-corrected chi connectivity index (χ3v) is 6.05. The topological polar surface area (TPSA) is 70.1 Å². The number of ether oxygens (including phenoxy) is 1. The van der Waals surface area contributed by atoms with Crippen LogP contribution in [0.1, 0.15) is 39.5 Å². The minimum atomic E-state index is -3.40. The number of rotatable bonds is 5. The summed E-state index contributed by atoms with van der Waals surface area (Å²) in [5.74, 6) is 0. The van der Waals surface area contributed by atoms with Crippen molar-refractivity contribution < 1.29 is 18.3 Å². The summed E-state index contributed by atoms with van der Waals surface area (Å²) in [6, 6.07) is 0.0422. The van der Waals surface area contributed by atoms with E-state index in [1.54, 1.807) is 8.61 Å². The molecule has 118 valence electrons. The molecule has 0 aromatic carbocycles. The average molecular weight is 306 g/mol. The van der Waals surface area contributed by atoms with E-state index in [0.29, 0.717) is 26.1 Å². The summed E-state index contributed by atoms with van der Waals surface area (Å²) in [7, 11) is -3.40. The number of morpholine rings is 1. The zero-order chi connectivity index (χ0) is 14.8. The fourth-order valence-corrected chi connectivity index (χ4v) is 5.24. The molecule has 2 heterocycles. The molecule has 0 aliphatic carbocycles. The molecule has 0 aromatic rings.